The number of hydrogen-bond donors (Lipinski definition) is 1. The zero-order chi connectivity index (χ0) is 13.0. The van der Waals surface area contributed by atoms with Crippen LogP contribution in [-0.2, 0) is 0 Å². The van der Waals surface area contributed by atoms with Gasteiger partial charge in [-0.15, -0.1) is 0 Å². The zero-order valence-corrected chi connectivity index (χ0v) is 12.7. The van der Waals surface area contributed by atoms with E-state index in [0.717, 1.165) is 20.1 Å². The summed E-state index contributed by atoms with van der Waals surface area (Å²) in [6.45, 7) is 0.560. The van der Waals surface area contributed by atoms with Gasteiger partial charge in [0.05, 0.1) is 5.03 Å². The lowest BCUT2D eigenvalue weighted by molar-refractivity contribution is 0.934. The van der Waals surface area contributed by atoms with Crippen molar-refractivity contribution in [3.05, 3.63) is 57.7 Å². The lowest BCUT2D eigenvalue weighted by Crippen LogP contribution is -2.09. The van der Waals surface area contributed by atoms with Crippen LogP contribution in [-0.4, -0.2) is 11.5 Å². The highest BCUT2D eigenvalue weighted by Gasteiger charge is 2.12. The first-order valence-corrected chi connectivity index (χ1v) is 7.48. The summed E-state index contributed by atoms with van der Waals surface area (Å²) in [5.41, 5.74) is 6.99. The highest BCUT2D eigenvalue weighted by molar-refractivity contribution is 9.10. The molecular weight excluding hydrogens is 332 g/mol. The summed E-state index contributed by atoms with van der Waals surface area (Å²) in [4.78, 5) is 4.34. The van der Waals surface area contributed by atoms with E-state index >= 15 is 0 Å². The van der Waals surface area contributed by atoms with Gasteiger partial charge in [-0.2, -0.15) is 0 Å². The van der Waals surface area contributed by atoms with Gasteiger partial charge in [-0.3, -0.25) is 0 Å². The number of rotatable bonds is 4. The Bertz CT molecular complexity index is 501. The first-order chi connectivity index (χ1) is 8.69. The van der Waals surface area contributed by atoms with E-state index in [4.69, 9.17) is 17.3 Å². The minimum Gasteiger partial charge on any atom is -0.329 e. The van der Waals surface area contributed by atoms with Crippen LogP contribution in [0, 0.1) is 0 Å². The molecule has 1 heterocycles. The quantitative estimate of drug-likeness (QED) is 0.842. The van der Waals surface area contributed by atoms with E-state index in [-0.39, 0.29) is 5.25 Å². The van der Waals surface area contributed by atoms with Crippen molar-refractivity contribution in [1.82, 2.24) is 4.98 Å². The van der Waals surface area contributed by atoms with Crippen LogP contribution in [0.5, 0.6) is 0 Å². The van der Waals surface area contributed by atoms with Crippen LogP contribution >= 0.6 is 39.3 Å². The molecule has 0 aliphatic carbocycles. The van der Waals surface area contributed by atoms with Gasteiger partial charge in [-0.05, 0) is 45.8 Å². The van der Waals surface area contributed by atoms with E-state index in [9.17, 15) is 0 Å². The normalized spacial score (nSPS) is 12.4. The summed E-state index contributed by atoms with van der Waals surface area (Å²) in [7, 11) is 0. The van der Waals surface area contributed by atoms with Crippen LogP contribution in [0.25, 0.3) is 0 Å². The first-order valence-electron chi connectivity index (χ1n) is 5.43. The Labute approximate surface area is 124 Å². The summed E-state index contributed by atoms with van der Waals surface area (Å²) in [6.07, 6.45) is 1.79. The van der Waals surface area contributed by atoms with E-state index < -0.39 is 0 Å². The van der Waals surface area contributed by atoms with Crippen LogP contribution in [0.1, 0.15) is 10.8 Å². The SMILES string of the molecule is NCC(Sc1ccc(Br)cn1)c1ccc(Cl)cc1. The average Bonchev–Trinajstić information content (AvgIpc) is 2.39. The van der Waals surface area contributed by atoms with E-state index in [1.54, 1.807) is 18.0 Å². The fraction of sp³-hybridized carbons (Fsp3) is 0.154. The molecule has 0 aliphatic rings. The lowest BCUT2D eigenvalue weighted by Gasteiger charge is -2.14. The number of aromatic nitrogens is 1. The Balaban J connectivity index is 2.14. The summed E-state index contributed by atoms with van der Waals surface area (Å²) in [6, 6.07) is 11.7. The molecular formula is C13H12BrClN2S. The Kier molecular flexibility index (Phi) is 5.06. The number of hydrogen-bond acceptors (Lipinski definition) is 3. The molecule has 0 saturated carbocycles. The summed E-state index contributed by atoms with van der Waals surface area (Å²) >= 11 is 10.9. The van der Waals surface area contributed by atoms with E-state index in [2.05, 4.69) is 20.9 Å². The minimum atomic E-state index is 0.191. The van der Waals surface area contributed by atoms with Gasteiger partial charge < -0.3 is 5.73 Å². The lowest BCUT2D eigenvalue weighted by atomic mass is 10.1. The molecule has 0 amide bonds. The van der Waals surface area contributed by atoms with E-state index in [1.165, 1.54) is 0 Å². The third-order valence-electron chi connectivity index (χ3n) is 2.42. The van der Waals surface area contributed by atoms with Gasteiger partial charge in [-0.25, -0.2) is 4.98 Å². The van der Waals surface area contributed by atoms with Crippen LogP contribution in [0.3, 0.4) is 0 Å². The van der Waals surface area contributed by atoms with Crippen molar-refractivity contribution in [2.45, 2.75) is 10.3 Å². The maximum absolute atomic E-state index is 5.88. The molecule has 5 heteroatoms. The standard InChI is InChI=1S/C13H12BrClN2S/c14-10-3-6-13(17-8-10)18-12(7-16)9-1-4-11(15)5-2-9/h1-6,8,12H,7,16H2. The third kappa shape index (κ3) is 3.72. The molecule has 0 spiro atoms. The van der Waals surface area contributed by atoms with E-state index in [0.29, 0.717) is 6.54 Å². The summed E-state index contributed by atoms with van der Waals surface area (Å²) in [5, 5.41) is 1.89. The number of nitrogens with zero attached hydrogens (tertiary/aromatic N) is 1. The van der Waals surface area contributed by atoms with Gasteiger partial charge in [0.25, 0.3) is 0 Å². The smallest absolute Gasteiger partial charge is 0.0967 e. The van der Waals surface area contributed by atoms with Crippen molar-refractivity contribution < 1.29 is 0 Å². The topological polar surface area (TPSA) is 38.9 Å². The highest BCUT2D eigenvalue weighted by Crippen LogP contribution is 2.33. The van der Waals surface area contributed by atoms with Crippen molar-refractivity contribution in [2.75, 3.05) is 6.54 Å². The fourth-order valence-electron chi connectivity index (χ4n) is 1.51. The van der Waals surface area contributed by atoms with Crippen LogP contribution in [0.4, 0.5) is 0 Å². The van der Waals surface area contributed by atoms with E-state index in [1.807, 2.05) is 36.4 Å². The van der Waals surface area contributed by atoms with Gasteiger partial charge >= 0.3 is 0 Å². The van der Waals surface area contributed by atoms with Gasteiger partial charge in [0.15, 0.2) is 0 Å². The maximum atomic E-state index is 5.88. The number of thioether (sulfide) groups is 1. The molecule has 0 saturated heterocycles. The average molecular weight is 344 g/mol. The molecule has 2 N–H and O–H groups in total. The predicted molar refractivity (Wildman–Crippen MR) is 81.0 cm³/mol. The fourth-order valence-corrected chi connectivity index (χ4v) is 2.81. The number of benzene rings is 1. The molecule has 2 nitrogen and oxygen atoms in total. The molecule has 1 aromatic carbocycles. The van der Waals surface area contributed by atoms with Crippen molar-refractivity contribution in [2.24, 2.45) is 5.73 Å². The largest absolute Gasteiger partial charge is 0.329 e. The van der Waals surface area contributed by atoms with Gasteiger partial charge in [0.1, 0.15) is 0 Å². The van der Waals surface area contributed by atoms with Gasteiger partial charge in [-0.1, -0.05) is 35.5 Å². The summed E-state index contributed by atoms with van der Waals surface area (Å²) in [5.74, 6) is 0. The number of pyridine rings is 1. The minimum absolute atomic E-state index is 0.191. The second-order valence-corrected chi connectivity index (χ2v) is 6.28. The van der Waals surface area contributed by atoms with Gasteiger partial charge in [0.2, 0.25) is 0 Å². The maximum Gasteiger partial charge on any atom is 0.0967 e. The predicted octanol–water partition coefficient (Wildman–Crippen LogP) is 4.29. The Morgan fingerprint density at radius 3 is 2.50 bits per heavy atom. The molecule has 2 rings (SSSR count). The monoisotopic (exact) mass is 342 g/mol. The molecule has 94 valence electrons. The van der Waals surface area contributed by atoms with Crippen molar-refractivity contribution >= 4 is 39.3 Å². The zero-order valence-electron chi connectivity index (χ0n) is 9.51. The Hall–Kier alpha value is -0.550. The van der Waals surface area contributed by atoms with Crippen LogP contribution < -0.4 is 5.73 Å². The molecule has 2 aromatic rings. The molecule has 1 unspecified atom stereocenters. The highest BCUT2D eigenvalue weighted by atomic mass is 79.9. The second kappa shape index (κ2) is 6.57. The summed E-state index contributed by atoms with van der Waals surface area (Å²) < 4.78 is 0.975. The molecule has 0 fully saturated rings. The Morgan fingerprint density at radius 2 is 1.94 bits per heavy atom. The molecule has 0 bridgehead atoms. The van der Waals surface area contributed by atoms with Crippen LogP contribution in [0.15, 0.2) is 52.1 Å². The molecule has 1 atom stereocenters. The molecule has 0 radical (unpaired) electrons. The molecule has 1 aromatic heterocycles. The molecule has 0 aliphatic heterocycles. The van der Waals surface area contributed by atoms with Crippen molar-refractivity contribution in [3.63, 3.8) is 0 Å². The Morgan fingerprint density at radius 1 is 1.22 bits per heavy atom. The second-order valence-electron chi connectivity index (χ2n) is 3.71. The van der Waals surface area contributed by atoms with Gasteiger partial charge in [0, 0.05) is 27.5 Å². The first kappa shape index (κ1) is 13.9. The number of halogens is 2. The van der Waals surface area contributed by atoms with Crippen LogP contribution in [0.2, 0.25) is 5.02 Å². The third-order valence-corrected chi connectivity index (χ3v) is 4.37. The van der Waals surface area contributed by atoms with Crippen molar-refractivity contribution in [3.8, 4) is 0 Å². The molecule has 18 heavy (non-hydrogen) atoms. The number of nitrogens with two attached hydrogens (primary N) is 1. The van der Waals surface area contributed by atoms with Crippen molar-refractivity contribution in [1.29, 1.82) is 0 Å².